The fourth-order valence-electron chi connectivity index (χ4n) is 2.60. The number of nitrogens with zero attached hydrogens (tertiary/aromatic N) is 5. The molecule has 3 amide bonds. The van der Waals surface area contributed by atoms with E-state index >= 15 is 0 Å². The second-order valence-electron chi connectivity index (χ2n) is 6.49. The molecule has 0 aromatic carbocycles. The molecule has 0 fully saturated rings. The number of aromatic nitrogens is 5. The van der Waals surface area contributed by atoms with E-state index in [1.807, 2.05) is 6.07 Å². The summed E-state index contributed by atoms with van der Waals surface area (Å²) < 4.78 is 0. The maximum atomic E-state index is 12.7. The number of hydrogen-bond donors (Lipinski definition) is 5. The molecule has 3 aromatic heterocycles. The Balaban J connectivity index is 1.68. The van der Waals surface area contributed by atoms with Gasteiger partial charge in [-0.25, -0.2) is 0 Å². The molecule has 15 nitrogen and oxygen atoms in total. The molecule has 33 heavy (non-hydrogen) atoms. The van der Waals surface area contributed by atoms with Gasteiger partial charge in [0.1, 0.15) is 11.4 Å². The molecular weight excluding hydrogens is 456 g/mol. The summed E-state index contributed by atoms with van der Waals surface area (Å²) in [6.45, 7) is 3.28. The van der Waals surface area contributed by atoms with Crippen LogP contribution < -0.4 is 16.0 Å². The highest BCUT2D eigenvalue weighted by Gasteiger charge is 2.24. The third kappa shape index (κ3) is 4.99. The number of carbonyl (C=O) groups is 3. The minimum absolute atomic E-state index is 0.0250. The Kier molecular flexibility index (Phi) is 6.74. The summed E-state index contributed by atoms with van der Waals surface area (Å²) in [6, 6.07) is 1.91. The van der Waals surface area contributed by atoms with Crippen molar-refractivity contribution in [1.29, 1.82) is 5.26 Å². The van der Waals surface area contributed by atoms with Gasteiger partial charge in [-0.2, -0.15) is 15.5 Å². The monoisotopic (exact) mass is 472 g/mol. The van der Waals surface area contributed by atoms with Crippen molar-refractivity contribution in [2.24, 2.45) is 0 Å². The average molecular weight is 472 g/mol. The lowest BCUT2D eigenvalue weighted by Gasteiger charge is -2.04. The average Bonchev–Trinajstić information content (AvgIpc) is 3.49. The van der Waals surface area contributed by atoms with E-state index in [1.165, 1.54) is 12.3 Å². The van der Waals surface area contributed by atoms with Gasteiger partial charge in [0.25, 0.3) is 17.5 Å². The molecule has 0 atom stereocenters. The minimum Gasteiger partial charge on any atom is -0.357 e. The van der Waals surface area contributed by atoms with Crippen molar-refractivity contribution in [2.45, 2.75) is 20.3 Å². The zero-order valence-electron chi connectivity index (χ0n) is 17.2. The molecule has 0 radical (unpaired) electrons. The summed E-state index contributed by atoms with van der Waals surface area (Å²) in [6.07, 6.45) is 0.153. The number of rotatable bonds is 8. The lowest BCUT2D eigenvalue weighted by atomic mass is 10.2. The van der Waals surface area contributed by atoms with Crippen molar-refractivity contribution in [1.82, 2.24) is 30.7 Å². The van der Waals surface area contributed by atoms with E-state index in [0.29, 0.717) is 22.5 Å². The topological polar surface area (TPSA) is 224 Å². The number of hydrogen-bond acceptors (Lipinski definition) is 10. The number of thiazole rings is 1. The number of nitriles is 1. The molecule has 0 bridgehead atoms. The first-order valence-electron chi connectivity index (χ1n) is 9.20. The van der Waals surface area contributed by atoms with Gasteiger partial charge in [-0.3, -0.25) is 24.6 Å². The minimum atomic E-state index is -0.726. The molecule has 0 spiro atoms. The number of nitrogens with one attached hydrogen (secondary N) is 5. The molecule has 3 rings (SSSR count). The normalized spacial score (nSPS) is 10.3. The van der Waals surface area contributed by atoms with Crippen LogP contribution in [0.2, 0.25) is 0 Å². The van der Waals surface area contributed by atoms with Crippen molar-refractivity contribution < 1.29 is 19.3 Å². The number of anilines is 2. The summed E-state index contributed by atoms with van der Waals surface area (Å²) in [7, 11) is 0. The molecule has 5 N–H and O–H groups in total. The quantitative estimate of drug-likeness (QED) is 0.180. The van der Waals surface area contributed by atoms with Gasteiger partial charge in [-0.15, -0.1) is 0 Å². The van der Waals surface area contributed by atoms with E-state index < -0.39 is 27.8 Å². The van der Waals surface area contributed by atoms with Gasteiger partial charge < -0.3 is 26.1 Å². The van der Waals surface area contributed by atoms with Gasteiger partial charge in [-0.1, -0.05) is 0 Å². The molecule has 3 aromatic rings. The number of nitro groups is 1. The Bertz CT molecular complexity index is 1280. The Labute approximate surface area is 188 Å². The highest BCUT2D eigenvalue weighted by atomic mass is 32.1. The molecular formula is C17H16N10O5S. The number of H-pyrrole nitrogens is 2. The molecule has 0 unspecified atom stereocenters. The smallest absolute Gasteiger partial charge is 0.357 e. The molecule has 16 heteroatoms. The summed E-state index contributed by atoms with van der Waals surface area (Å²) in [5.74, 6) is -1.68. The van der Waals surface area contributed by atoms with Gasteiger partial charge in [0.2, 0.25) is 0 Å². The molecule has 0 saturated carbocycles. The Morgan fingerprint density at radius 1 is 1.09 bits per heavy atom. The zero-order chi connectivity index (χ0) is 24.1. The number of aromatic amines is 2. The fourth-order valence-corrected chi connectivity index (χ4v) is 3.21. The lowest BCUT2D eigenvalue weighted by molar-refractivity contribution is -0.384. The third-order valence-electron chi connectivity index (χ3n) is 4.34. The first kappa shape index (κ1) is 23.0. The van der Waals surface area contributed by atoms with Gasteiger partial charge in [-0.05, 0) is 35.1 Å². The van der Waals surface area contributed by atoms with E-state index in [4.69, 9.17) is 5.26 Å². The van der Waals surface area contributed by atoms with Crippen LogP contribution in [0.3, 0.4) is 0 Å². The molecule has 170 valence electrons. The predicted octanol–water partition coefficient (Wildman–Crippen LogP) is 1.26. The second-order valence-corrected chi connectivity index (χ2v) is 7.33. The highest BCUT2D eigenvalue weighted by Crippen LogP contribution is 2.21. The molecule has 0 aliphatic carbocycles. The van der Waals surface area contributed by atoms with Crippen LogP contribution in [-0.4, -0.2) is 54.6 Å². The van der Waals surface area contributed by atoms with E-state index in [-0.39, 0.29) is 41.7 Å². The second kappa shape index (κ2) is 9.65. The van der Waals surface area contributed by atoms with E-state index in [9.17, 15) is 24.5 Å². The Morgan fingerprint density at radius 3 is 2.21 bits per heavy atom. The SMILES string of the molecule is Cc1c(NC(=O)c2csc([N+](=O)[O-])n2)n[nH]c1C(=O)Nc1n[nH]c(C(=O)NCCC#N)c1C. The van der Waals surface area contributed by atoms with Crippen LogP contribution in [0.15, 0.2) is 5.38 Å². The third-order valence-corrected chi connectivity index (χ3v) is 5.13. The maximum absolute atomic E-state index is 12.7. The Hall–Kier alpha value is -4.65. The van der Waals surface area contributed by atoms with Crippen LogP contribution in [-0.2, 0) is 0 Å². The largest absolute Gasteiger partial charge is 0.424 e. The predicted molar refractivity (Wildman–Crippen MR) is 114 cm³/mol. The van der Waals surface area contributed by atoms with Crippen LogP contribution in [0.1, 0.15) is 49.0 Å². The van der Waals surface area contributed by atoms with E-state index in [0.717, 1.165) is 0 Å². The summed E-state index contributed by atoms with van der Waals surface area (Å²) in [4.78, 5) is 50.7. The van der Waals surface area contributed by atoms with Gasteiger partial charge >= 0.3 is 11.0 Å². The van der Waals surface area contributed by atoms with Crippen LogP contribution >= 0.6 is 11.3 Å². The Morgan fingerprint density at radius 2 is 1.67 bits per heavy atom. The van der Waals surface area contributed by atoms with E-state index in [2.05, 4.69) is 41.3 Å². The van der Waals surface area contributed by atoms with Crippen LogP contribution in [0.25, 0.3) is 0 Å². The highest BCUT2D eigenvalue weighted by molar-refractivity contribution is 7.13. The van der Waals surface area contributed by atoms with Crippen molar-refractivity contribution in [3.63, 3.8) is 0 Å². The maximum Gasteiger partial charge on any atom is 0.424 e. The molecule has 3 heterocycles. The van der Waals surface area contributed by atoms with Gasteiger partial charge in [0.15, 0.2) is 11.6 Å². The van der Waals surface area contributed by atoms with Gasteiger partial charge in [0.05, 0.1) is 17.9 Å². The van der Waals surface area contributed by atoms with E-state index in [1.54, 1.807) is 6.92 Å². The fraction of sp³-hybridized carbons (Fsp3) is 0.235. The van der Waals surface area contributed by atoms with Crippen molar-refractivity contribution in [3.8, 4) is 6.07 Å². The summed E-state index contributed by atoms with van der Waals surface area (Å²) in [5.41, 5.74) is 0.682. The molecule has 0 aliphatic heterocycles. The molecule has 0 saturated heterocycles. The van der Waals surface area contributed by atoms with Crippen molar-refractivity contribution in [3.05, 3.63) is 43.7 Å². The first-order chi connectivity index (χ1) is 15.7. The number of amides is 3. The van der Waals surface area contributed by atoms with Crippen LogP contribution in [0.5, 0.6) is 0 Å². The zero-order valence-corrected chi connectivity index (χ0v) is 18.0. The summed E-state index contributed by atoms with van der Waals surface area (Å²) in [5, 5.41) is 40.4. The molecule has 0 aliphatic rings. The van der Waals surface area contributed by atoms with Crippen LogP contribution in [0, 0.1) is 35.3 Å². The van der Waals surface area contributed by atoms with Gasteiger partial charge in [0, 0.05) is 17.7 Å². The van der Waals surface area contributed by atoms with Crippen LogP contribution in [0.4, 0.5) is 16.8 Å². The van der Waals surface area contributed by atoms with Crippen molar-refractivity contribution >= 4 is 45.8 Å². The summed E-state index contributed by atoms with van der Waals surface area (Å²) >= 11 is 0.707. The van der Waals surface area contributed by atoms with Crippen molar-refractivity contribution in [2.75, 3.05) is 17.2 Å². The first-order valence-corrected chi connectivity index (χ1v) is 10.1. The standard InChI is InChI=1S/C17H16N10O5S/c1-7-10(15(29)19-5-3-4-18)23-26-13(7)22-16(30)11-8(2)12(25-24-11)21-14(28)9-6-33-17(20-9)27(31)32/h6H,3,5H2,1-2H3,(H,19,29)(H2,21,24,25,28)(H2,22,23,26,30). The lowest BCUT2D eigenvalue weighted by Crippen LogP contribution is -2.25. The number of carbonyl (C=O) groups excluding carboxylic acids is 3.